The van der Waals surface area contributed by atoms with Gasteiger partial charge in [0.05, 0.1) is 0 Å². The molecule has 0 radical (unpaired) electrons. The molecule has 1 unspecified atom stereocenters. The lowest BCUT2D eigenvalue weighted by Gasteiger charge is -2.23. The quantitative estimate of drug-likeness (QED) is 0.935. The van der Waals surface area contributed by atoms with Gasteiger partial charge in [-0.3, -0.25) is 9.59 Å². The molecule has 1 atom stereocenters. The summed E-state index contributed by atoms with van der Waals surface area (Å²) in [6, 6.07) is 12.2. The molecule has 2 amide bonds. The van der Waals surface area contributed by atoms with Crippen LogP contribution in [0.15, 0.2) is 42.5 Å². The highest BCUT2D eigenvalue weighted by Crippen LogP contribution is 2.25. The molecule has 1 heterocycles. The molecule has 0 spiro atoms. The Kier molecular flexibility index (Phi) is 4.09. The van der Waals surface area contributed by atoms with E-state index in [0.717, 1.165) is 11.1 Å². The van der Waals surface area contributed by atoms with E-state index in [-0.39, 0.29) is 11.8 Å². The number of anilines is 1. The van der Waals surface area contributed by atoms with Gasteiger partial charge in [0.25, 0.3) is 5.91 Å². The SMILES string of the molecule is Cc1ccc(NC(=O)C(C)N2Cc3ccccc3C2=O)cc1Cl. The van der Waals surface area contributed by atoms with Gasteiger partial charge in [-0.25, -0.2) is 0 Å². The number of hydrogen-bond donors (Lipinski definition) is 1. The standard InChI is InChI=1S/C18H17ClN2O2/c1-11-7-8-14(9-16(11)19)20-17(22)12(2)21-10-13-5-3-4-6-15(13)18(21)23/h3-9,12H,10H2,1-2H3,(H,20,22). The number of aryl methyl sites for hydroxylation is 1. The predicted octanol–water partition coefficient (Wildman–Crippen LogP) is 3.63. The fraction of sp³-hybridized carbons (Fsp3) is 0.222. The molecule has 4 nitrogen and oxygen atoms in total. The molecule has 3 rings (SSSR count). The fourth-order valence-electron chi connectivity index (χ4n) is 2.65. The molecular weight excluding hydrogens is 312 g/mol. The van der Waals surface area contributed by atoms with Crippen LogP contribution >= 0.6 is 11.6 Å². The number of halogens is 1. The van der Waals surface area contributed by atoms with Crippen LogP contribution in [0, 0.1) is 6.92 Å². The Morgan fingerprint density at radius 3 is 2.70 bits per heavy atom. The molecule has 2 aromatic rings. The van der Waals surface area contributed by atoms with Gasteiger partial charge in [0, 0.05) is 22.8 Å². The van der Waals surface area contributed by atoms with Crippen molar-refractivity contribution in [2.45, 2.75) is 26.4 Å². The van der Waals surface area contributed by atoms with E-state index >= 15 is 0 Å². The smallest absolute Gasteiger partial charge is 0.255 e. The van der Waals surface area contributed by atoms with Crippen LogP contribution in [0.5, 0.6) is 0 Å². The first-order chi connectivity index (χ1) is 11.0. The van der Waals surface area contributed by atoms with Crippen LogP contribution in [-0.4, -0.2) is 22.8 Å². The number of rotatable bonds is 3. The Morgan fingerprint density at radius 2 is 2.00 bits per heavy atom. The van der Waals surface area contributed by atoms with Gasteiger partial charge in [-0.05, 0) is 43.2 Å². The first kappa shape index (κ1) is 15.6. The third kappa shape index (κ3) is 2.94. The molecule has 2 aromatic carbocycles. The third-order valence-electron chi connectivity index (χ3n) is 4.14. The summed E-state index contributed by atoms with van der Waals surface area (Å²) in [5, 5.41) is 3.41. The molecule has 1 N–H and O–H groups in total. The molecular formula is C18H17ClN2O2. The number of nitrogens with zero attached hydrogens (tertiary/aromatic N) is 1. The van der Waals surface area contributed by atoms with Crippen molar-refractivity contribution < 1.29 is 9.59 Å². The average molecular weight is 329 g/mol. The van der Waals surface area contributed by atoms with E-state index in [9.17, 15) is 9.59 Å². The average Bonchev–Trinajstić information content (AvgIpc) is 2.87. The highest BCUT2D eigenvalue weighted by molar-refractivity contribution is 6.31. The minimum atomic E-state index is -0.560. The van der Waals surface area contributed by atoms with E-state index in [4.69, 9.17) is 11.6 Å². The number of fused-ring (bicyclic) bond motifs is 1. The number of nitrogens with one attached hydrogen (secondary N) is 1. The normalized spacial score (nSPS) is 14.6. The Labute approximate surface area is 140 Å². The highest BCUT2D eigenvalue weighted by atomic mass is 35.5. The van der Waals surface area contributed by atoms with Gasteiger partial charge >= 0.3 is 0 Å². The van der Waals surface area contributed by atoms with E-state index < -0.39 is 6.04 Å². The van der Waals surface area contributed by atoms with Gasteiger partial charge in [0.1, 0.15) is 6.04 Å². The van der Waals surface area contributed by atoms with Crippen LogP contribution in [-0.2, 0) is 11.3 Å². The van der Waals surface area contributed by atoms with Crippen molar-refractivity contribution in [2.75, 3.05) is 5.32 Å². The first-order valence-corrected chi connectivity index (χ1v) is 7.81. The second-order valence-electron chi connectivity index (χ2n) is 5.72. The summed E-state index contributed by atoms with van der Waals surface area (Å²) in [5.74, 6) is -0.337. The molecule has 1 aliphatic rings. The number of amides is 2. The molecule has 118 valence electrons. The molecule has 5 heteroatoms. The fourth-order valence-corrected chi connectivity index (χ4v) is 2.83. The molecule has 0 saturated carbocycles. The zero-order valence-electron chi connectivity index (χ0n) is 13.0. The summed E-state index contributed by atoms with van der Waals surface area (Å²) in [6.07, 6.45) is 0. The summed E-state index contributed by atoms with van der Waals surface area (Å²) in [6.45, 7) is 4.09. The third-order valence-corrected chi connectivity index (χ3v) is 4.54. The summed E-state index contributed by atoms with van der Waals surface area (Å²) in [7, 11) is 0. The summed E-state index contributed by atoms with van der Waals surface area (Å²) in [5.41, 5.74) is 3.20. The van der Waals surface area contributed by atoms with Crippen molar-refractivity contribution in [3.05, 3.63) is 64.2 Å². The Balaban J connectivity index is 1.73. The Hall–Kier alpha value is -2.33. The van der Waals surface area contributed by atoms with Crippen LogP contribution in [0.25, 0.3) is 0 Å². The summed E-state index contributed by atoms with van der Waals surface area (Å²) < 4.78 is 0. The minimum absolute atomic E-state index is 0.106. The molecule has 23 heavy (non-hydrogen) atoms. The van der Waals surface area contributed by atoms with Crippen LogP contribution in [0.2, 0.25) is 5.02 Å². The topological polar surface area (TPSA) is 49.4 Å². The second-order valence-corrected chi connectivity index (χ2v) is 6.13. The van der Waals surface area contributed by atoms with Gasteiger partial charge in [-0.2, -0.15) is 0 Å². The van der Waals surface area contributed by atoms with Gasteiger partial charge in [0.2, 0.25) is 5.91 Å². The van der Waals surface area contributed by atoms with Crippen molar-refractivity contribution in [3.8, 4) is 0 Å². The van der Waals surface area contributed by atoms with E-state index in [1.54, 1.807) is 30.0 Å². The minimum Gasteiger partial charge on any atom is -0.324 e. The number of hydrogen-bond acceptors (Lipinski definition) is 2. The van der Waals surface area contributed by atoms with E-state index in [2.05, 4.69) is 5.32 Å². The Bertz CT molecular complexity index is 788. The van der Waals surface area contributed by atoms with Gasteiger partial charge in [-0.15, -0.1) is 0 Å². The van der Waals surface area contributed by atoms with Crippen molar-refractivity contribution in [2.24, 2.45) is 0 Å². The lowest BCUT2D eigenvalue weighted by atomic mass is 10.1. The Morgan fingerprint density at radius 1 is 1.26 bits per heavy atom. The molecule has 0 saturated heterocycles. The molecule has 0 bridgehead atoms. The second kappa shape index (κ2) is 6.05. The zero-order valence-corrected chi connectivity index (χ0v) is 13.7. The maximum Gasteiger partial charge on any atom is 0.255 e. The monoisotopic (exact) mass is 328 g/mol. The van der Waals surface area contributed by atoms with Gasteiger partial charge < -0.3 is 10.2 Å². The van der Waals surface area contributed by atoms with Crippen LogP contribution in [0.1, 0.15) is 28.4 Å². The van der Waals surface area contributed by atoms with Crippen LogP contribution in [0.3, 0.4) is 0 Å². The van der Waals surface area contributed by atoms with E-state index in [1.165, 1.54) is 0 Å². The molecule has 0 fully saturated rings. The predicted molar refractivity (Wildman–Crippen MR) is 90.6 cm³/mol. The maximum atomic E-state index is 12.4. The lowest BCUT2D eigenvalue weighted by molar-refractivity contribution is -0.120. The number of carbonyl (C=O) groups is 2. The lowest BCUT2D eigenvalue weighted by Crippen LogP contribution is -2.42. The van der Waals surface area contributed by atoms with Crippen LogP contribution in [0.4, 0.5) is 5.69 Å². The summed E-state index contributed by atoms with van der Waals surface area (Å²) in [4.78, 5) is 26.4. The van der Waals surface area contributed by atoms with Crippen molar-refractivity contribution >= 4 is 29.1 Å². The summed E-state index contributed by atoms with van der Waals surface area (Å²) >= 11 is 6.07. The van der Waals surface area contributed by atoms with Crippen molar-refractivity contribution in [1.29, 1.82) is 0 Å². The molecule has 1 aliphatic heterocycles. The van der Waals surface area contributed by atoms with Crippen molar-refractivity contribution in [1.82, 2.24) is 4.90 Å². The van der Waals surface area contributed by atoms with Gasteiger partial charge in [0.15, 0.2) is 0 Å². The zero-order chi connectivity index (χ0) is 16.6. The highest BCUT2D eigenvalue weighted by Gasteiger charge is 2.33. The van der Waals surface area contributed by atoms with Gasteiger partial charge in [-0.1, -0.05) is 35.9 Å². The van der Waals surface area contributed by atoms with Crippen LogP contribution < -0.4 is 5.32 Å². The molecule has 0 aromatic heterocycles. The molecule has 0 aliphatic carbocycles. The van der Waals surface area contributed by atoms with E-state index in [1.807, 2.05) is 31.2 Å². The number of benzene rings is 2. The maximum absolute atomic E-state index is 12.4. The van der Waals surface area contributed by atoms with E-state index in [0.29, 0.717) is 22.8 Å². The van der Waals surface area contributed by atoms with Crippen molar-refractivity contribution in [3.63, 3.8) is 0 Å². The first-order valence-electron chi connectivity index (χ1n) is 7.43. The largest absolute Gasteiger partial charge is 0.324 e. The number of carbonyl (C=O) groups excluding carboxylic acids is 2.